The minimum atomic E-state index is 0.218. The van der Waals surface area contributed by atoms with Gasteiger partial charge >= 0.3 is 0 Å². The van der Waals surface area contributed by atoms with Crippen molar-refractivity contribution in [3.63, 3.8) is 0 Å². The molecule has 1 amide bonds. The Morgan fingerprint density at radius 3 is 2.78 bits per heavy atom. The van der Waals surface area contributed by atoms with E-state index in [-0.39, 0.29) is 5.92 Å². The largest absolute Gasteiger partial charge is 0.342 e. The first-order chi connectivity index (χ1) is 11.3. The Labute approximate surface area is 138 Å². The summed E-state index contributed by atoms with van der Waals surface area (Å²) in [6.45, 7) is 3.65. The van der Waals surface area contributed by atoms with Crippen LogP contribution in [0.25, 0.3) is 0 Å². The average molecular weight is 319 g/mol. The second kappa shape index (κ2) is 7.93. The van der Waals surface area contributed by atoms with Crippen LogP contribution in [0, 0.1) is 5.92 Å². The molecule has 5 heteroatoms. The molecule has 1 aromatic rings. The summed E-state index contributed by atoms with van der Waals surface area (Å²) in [5.41, 5.74) is 0. The number of aryl methyl sites for hydroxylation is 1. The zero-order valence-electron chi connectivity index (χ0n) is 14.3. The van der Waals surface area contributed by atoms with E-state index in [0.29, 0.717) is 18.2 Å². The molecule has 1 aliphatic carbocycles. The summed E-state index contributed by atoms with van der Waals surface area (Å²) < 4.78 is 5.38. The predicted octanol–water partition coefficient (Wildman–Crippen LogP) is 3.70. The number of rotatable bonds is 5. The van der Waals surface area contributed by atoms with E-state index in [1.54, 1.807) is 0 Å². The number of carbonyl (C=O) groups excluding carboxylic acids is 1. The van der Waals surface area contributed by atoms with Gasteiger partial charge in [-0.2, -0.15) is 4.98 Å². The quantitative estimate of drug-likeness (QED) is 0.830. The van der Waals surface area contributed by atoms with E-state index in [4.69, 9.17) is 4.52 Å². The van der Waals surface area contributed by atoms with Crippen LogP contribution in [0.2, 0.25) is 0 Å². The van der Waals surface area contributed by atoms with Gasteiger partial charge in [0.15, 0.2) is 5.82 Å². The van der Waals surface area contributed by atoms with Crippen molar-refractivity contribution in [2.75, 3.05) is 13.1 Å². The summed E-state index contributed by atoms with van der Waals surface area (Å²) in [6.07, 6.45) is 11.4. The Kier molecular flexibility index (Phi) is 5.68. The van der Waals surface area contributed by atoms with Crippen LogP contribution in [0.5, 0.6) is 0 Å². The van der Waals surface area contributed by atoms with Gasteiger partial charge in [0.1, 0.15) is 0 Å². The van der Waals surface area contributed by atoms with Crippen molar-refractivity contribution in [3.05, 3.63) is 11.7 Å². The molecule has 1 saturated heterocycles. The van der Waals surface area contributed by atoms with Gasteiger partial charge in [-0.25, -0.2) is 0 Å². The number of hydrogen-bond donors (Lipinski definition) is 0. The minimum Gasteiger partial charge on any atom is -0.342 e. The zero-order valence-corrected chi connectivity index (χ0v) is 14.3. The highest BCUT2D eigenvalue weighted by atomic mass is 16.5. The molecule has 1 aliphatic heterocycles. The molecular weight excluding hydrogens is 290 g/mol. The number of carbonyl (C=O) groups is 1. The number of likely N-dealkylation sites (tertiary alicyclic amines) is 1. The first kappa shape index (κ1) is 16.5. The molecule has 1 aromatic heterocycles. The molecule has 0 radical (unpaired) electrons. The lowest BCUT2D eigenvalue weighted by Gasteiger charge is -2.31. The Bertz CT molecular complexity index is 508. The van der Waals surface area contributed by atoms with Crippen molar-refractivity contribution in [2.45, 2.75) is 77.0 Å². The molecule has 23 heavy (non-hydrogen) atoms. The van der Waals surface area contributed by atoms with Gasteiger partial charge in [0.2, 0.25) is 11.8 Å². The van der Waals surface area contributed by atoms with Crippen molar-refractivity contribution < 1.29 is 9.32 Å². The third-order valence-electron chi connectivity index (χ3n) is 5.41. The Hall–Kier alpha value is -1.39. The zero-order chi connectivity index (χ0) is 16.1. The second-order valence-electron chi connectivity index (χ2n) is 7.12. The average Bonchev–Trinajstić information content (AvgIpc) is 3.10. The van der Waals surface area contributed by atoms with E-state index in [2.05, 4.69) is 10.1 Å². The van der Waals surface area contributed by atoms with Crippen LogP contribution in [0.3, 0.4) is 0 Å². The first-order valence-electron chi connectivity index (χ1n) is 9.36. The number of aromatic nitrogens is 2. The smallest absolute Gasteiger partial charge is 0.231 e. The monoisotopic (exact) mass is 319 g/mol. The maximum Gasteiger partial charge on any atom is 0.231 e. The molecule has 0 spiro atoms. The van der Waals surface area contributed by atoms with Crippen LogP contribution in [-0.2, 0) is 11.2 Å². The molecule has 0 unspecified atom stereocenters. The number of amides is 1. The SMILES string of the molecule is CCc1noc([C@H]2CCCN(C(=O)CCC3CCCCC3)C2)n1. The minimum absolute atomic E-state index is 0.218. The molecule has 1 atom stereocenters. The first-order valence-corrected chi connectivity index (χ1v) is 9.36. The van der Waals surface area contributed by atoms with Crippen molar-refractivity contribution in [1.82, 2.24) is 15.0 Å². The summed E-state index contributed by atoms with van der Waals surface area (Å²) in [6, 6.07) is 0. The third-order valence-corrected chi connectivity index (χ3v) is 5.41. The van der Waals surface area contributed by atoms with Crippen molar-refractivity contribution in [1.29, 1.82) is 0 Å². The fourth-order valence-electron chi connectivity index (χ4n) is 3.94. The van der Waals surface area contributed by atoms with Crippen LogP contribution in [-0.4, -0.2) is 34.0 Å². The molecular formula is C18H29N3O2. The van der Waals surface area contributed by atoms with E-state index in [1.807, 2.05) is 11.8 Å². The highest BCUT2D eigenvalue weighted by molar-refractivity contribution is 5.76. The molecule has 2 heterocycles. The summed E-state index contributed by atoms with van der Waals surface area (Å²) in [4.78, 5) is 19.0. The fraction of sp³-hybridized carbons (Fsp3) is 0.833. The molecule has 128 valence electrons. The maximum absolute atomic E-state index is 12.5. The van der Waals surface area contributed by atoms with Gasteiger partial charge in [-0.1, -0.05) is 44.2 Å². The summed E-state index contributed by atoms with van der Waals surface area (Å²) in [5.74, 6) is 2.79. The normalized spacial score (nSPS) is 23.2. The second-order valence-corrected chi connectivity index (χ2v) is 7.12. The molecule has 1 saturated carbocycles. The Morgan fingerprint density at radius 2 is 2.04 bits per heavy atom. The molecule has 0 bridgehead atoms. The van der Waals surface area contributed by atoms with E-state index in [9.17, 15) is 4.79 Å². The highest BCUT2D eigenvalue weighted by Gasteiger charge is 2.28. The molecule has 2 aliphatic rings. The van der Waals surface area contributed by atoms with Crippen molar-refractivity contribution in [2.24, 2.45) is 5.92 Å². The molecule has 3 rings (SSSR count). The Balaban J connectivity index is 1.49. The van der Waals surface area contributed by atoms with E-state index in [0.717, 1.165) is 50.5 Å². The fourth-order valence-corrected chi connectivity index (χ4v) is 3.94. The predicted molar refractivity (Wildman–Crippen MR) is 88.0 cm³/mol. The summed E-state index contributed by atoms with van der Waals surface area (Å²) >= 11 is 0. The number of piperidine rings is 1. The lowest BCUT2D eigenvalue weighted by Crippen LogP contribution is -2.39. The topological polar surface area (TPSA) is 59.2 Å². The van der Waals surface area contributed by atoms with Crippen LogP contribution in [0.1, 0.15) is 82.3 Å². The van der Waals surface area contributed by atoms with Gasteiger partial charge in [0, 0.05) is 25.9 Å². The lowest BCUT2D eigenvalue weighted by atomic mass is 9.86. The summed E-state index contributed by atoms with van der Waals surface area (Å²) in [5, 5.41) is 3.99. The Morgan fingerprint density at radius 1 is 1.22 bits per heavy atom. The maximum atomic E-state index is 12.5. The molecule has 0 N–H and O–H groups in total. The van der Waals surface area contributed by atoms with Crippen LogP contribution < -0.4 is 0 Å². The van der Waals surface area contributed by atoms with Crippen molar-refractivity contribution >= 4 is 5.91 Å². The number of nitrogens with zero attached hydrogens (tertiary/aromatic N) is 3. The standard InChI is InChI=1S/C18H29N3O2/c1-2-16-19-18(23-20-16)15-9-6-12-21(13-15)17(22)11-10-14-7-4-3-5-8-14/h14-15H,2-13H2,1H3/t15-/m0/s1. The highest BCUT2D eigenvalue weighted by Crippen LogP contribution is 2.29. The third kappa shape index (κ3) is 4.33. The van der Waals surface area contributed by atoms with Gasteiger partial charge in [0.25, 0.3) is 0 Å². The lowest BCUT2D eigenvalue weighted by molar-refractivity contribution is -0.132. The van der Waals surface area contributed by atoms with E-state index < -0.39 is 0 Å². The molecule has 2 fully saturated rings. The summed E-state index contributed by atoms with van der Waals surface area (Å²) in [7, 11) is 0. The van der Waals surface area contributed by atoms with Crippen LogP contribution >= 0.6 is 0 Å². The van der Waals surface area contributed by atoms with Crippen molar-refractivity contribution in [3.8, 4) is 0 Å². The van der Waals surface area contributed by atoms with Gasteiger partial charge in [-0.15, -0.1) is 0 Å². The molecule has 0 aromatic carbocycles. The van der Waals surface area contributed by atoms with Gasteiger partial charge in [-0.3, -0.25) is 4.79 Å². The van der Waals surface area contributed by atoms with Crippen LogP contribution in [0.15, 0.2) is 4.52 Å². The van der Waals surface area contributed by atoms with Gasteiger partial charge in [0.05, 0.1) is 5.92 Å². The van der Waals surface area contributed by atoms with E-state index >= 15 is 0 Å². The molecule has 5 nitrogen and oxygen atoms in total. The van der Waals surface area contributed by atoms with E-state index in [1.165, 1.54) is 32.1 Å². The van der Waals surface area contributed by atoms with Gasteiger partial charge < -0.3 is 9.42 Å². The van der Waals surface area contributed by atoms with Crippen LogP contribution in [0.4, 0.5) is 0 Å². The van der Waals surface area contributed by atoms with Gasteiger partial charge in [-0.05, 0) is 25.2 Å². The number of hydrogen-bond acceptors (Lipinski definition) is 4.